The van der Waals surface area contributed by atoms with Crippen molar-refractivity contribution < 1.29 is 4.79 Å². The highest BCUT2D eigenvalue weighted by atomic mass is 16.2. The fourth-order valence-corrected chi connectivity index (χ4v) is 3.90. The van der Waals surface area contributed by atoms with E-state index < -0.39 is 0 Å². The van der Waals surface area contributed by atoms with Gasteiger partial charge in [0.25, 0.3) is 11.5 Å². The van der Waals surface area contributed by atoms with Crippen LogP contribution in [0.3, 0.4) is 0 Å². The highest BCUT2D eigenvalue weighted by Crippen LogP contribution is 2.13. The zero-order valence-corrected chi connectivity index (χ0v) is 17.2. The summed E-state index contributed by atoms with van der Waals surface area (Å²) in [6.07, 6.45) is 7.63. The van der Waals surface area contributed by atoms with Gasteiger partial charge in [0.05, 0.1) is 5.69 Å². The van der Waals surface area contributed by atoms with Crippen LogP contribution < -0.4 is 16.2 Å². The van der Waals surface area contributed by atoms with E-state index >= 15 is 0 Å². The normalized spacial score (nSPS) is 16.4. The Morgan fingerprint density at radius 1 is 1.23 bits per heavy atom. The summed E-state index contributed by atoms with van der Waals surface area (Å²) in [4.78, 5) is 25.8. The van der Waals surface area contributed by atoms with Gasteiger partial charge in [-0.25, -0.2) is 4.68 Å². The van der Waals surface area contributed by atoms with Crippen LogP contribution in [0.2, 0.25) is 0 Å². The molecule has 1 fully saturated rings. The summed E-state index contributed by atoms with van der Waals surface area (Å²) < 4.78 is 3.46. The largest absolute Gasteiger partial charge is 0.348 e. The van der Waals surface area contributed by atoms with Crippen molar-refractivity contribution in [3.05, 3.63) is 82.0 Å². The number of nitrogens with one attached hydrogen (secondary N) is 2. The third-order valence-electron chi connectivity index (χ3n) is 5.61. The van der Waals surface area contributed by atoms with Crippen LogP contribution >= 0.6 is 0 Å². The molecule has 2 aromatic heterocycles. The van der Waals surface area contributed by atoms with E-state index in [1.807, 2.05) is 49.5 Å². The van der Waals surface area contributed by atoms with Crippen LogP contribution in [0.25, 0.3) is 5.69 Å². The van der Waals surface area contributed by atoms with Crippen molar-refractivity contribution in [3.8, 4) is 5.69 Å². The molecule has 2 N–H and O–H groups in total. The molecule has 3 heterocycles. The first-order valence-corrected chi connectivity index (χ1v) is 10.4. The SMILES string of the molecule is Cc1ccn(CC2CCCNC2)c(=O)c1C(=O)NCc1ccc(-n2cccn2)cc1. The molecule has 0 radical (unpaired) electrons. The van der Waals surface area contributed by atoms with E-state index in [4.69, 9.17) is 0 Å². The maximum Gasteiger partial charge on any atom is 0.263 e. The van der Waals surface area contributed by atoms with Crippen LogP contribution in [0.4, 0.5) is 0 Å². The molecular weight excluding hydrogens is 378 g/mol. The number of pyridine rings is 1. The van der Waals surface area contributed by atoms with Crippen LogP contribution in [0, 0.1) is 12.8 Å². The molecule has 1 saturated heterocycles. The highest BCUT2D eigenvalue weighted by molar-refractivity contribution is 5.95. The summed E-state index contributed by atoms with van der Waals surface area (Å²) in [5, 5.41) is 10.5. The van der Waals surface area contributed by atoms with Crippen LogP contribution in [0.1, 0.15) is 34.3 Å². The summed E-state index contributed by atoms with van der Waals surface area (Å²) in [6, 6.07) is 11.5. The number of carbonyl (C=O) groups excluding carboxylic acids is 1. The van der Waals surface area contributed by atoms with E-state index in [0.29, 0.717) is 24.6 Å². The van der Waals surface area contributed by atoms with Gasteiger partial charge >= 0.3 is 0 Å². The highest BCUT2D eigenvalue weighted by Gasteiger charge is 2.19. The van der Waals surface area contributed by atoms with Crippen LogP contribution in [-0.2, 0) is 13.1 Å². The first-order valence-electron chi connectivity index (χ1n) is 10.4. The fourth-order valence-electron chi connectivity index (χ4n) is 3.90. The van der Waals surface area contributed by atoms with Gasteiger partial charge in [-0.3, -0.25) is 9.59 Å². The average molecular weight is 406 g/mol. The second kappa shape index (κ2) is 9.09. The lowest BCUT2D eigenvalue weighted by Crippen LogP contribution is -2.37. The zero-order valence-electron chi connectivity index (χ0n) is 17.2. The minimum Gasteiger partial charge on any atom is -0.348 e. The number of hydrogen-bond donors (Lipinski definition) is 2. The number of aryl methyl sites for hydroxylation is 1. The Balaban J connectivity index is 1.43. The molecule has 0 saturated carbocycles. The Hall–Kier alpha value is -3.19. The fraction of sp³-hybridized carbons (Fsp3) is 0.348. The van der Waals surface area contributed by atoms with Gasteiger partial charge in [-0.15, -0.1) is 0 Å². The van der Waals surface area contributed by atoms with Gasteiger partial charge in [-0.1, -0.05) is 12.1 Å². The summed E-state index contributed by atoms with van der Waals surface area (Å²) in [7, 11) is 0. The molecule has 0 aliphatic carbocycles. The van der Waals surface area contributed by atoms with Gasteiger partial charge in [0.2, 0.25) is 0 Å². The monoisotopic (exact) mass is 405 g/mol. The van der Waals surface area contributed by atoms with Crippen molar-refractivity contribution in [1.29, 1.82) is 0 Å². The Kier molecular flexibility index (Phi) is 6.09. The quantitative estimate of drug-likeness (QED) is 0.659. The number of carbonyl (C=O) groups is 1. The first kappa shape index (κ1) is 20.1. The van der Waals surface area contributed by atoms with Crippen LogP contribution in [-0.4, -0.2) is 33.3 Å². The van der Waals surface area contributed by atoms with Crippen molar-refractivity contribution in [2.75, 3.05) is 13.1 Å². The first-order chi connectivity index (χ1) is 14.6. The number of rotatable bonds is 6. The van der Waals surface area contributed by atoms with Crippen molar-refractivity contribution in [2.24, 2.45) is 5.92 Å². The minimum atomic E-state index is -0.329. The molecular formula is C23H27N5O2. The number of piperidine rings is 1. The molecule has 0 spiro atoms. The number of benzene rings is 1. The number of hydrogen-bond acceptors (Lipinski definition) is 4. The molecule has 1 atom stereocenters. The van der Waals surface area contributed by atoms with E-state index in [1.165, 1.54) is 0 Å². The lowest BCUT2D eigenvalue weighted by Gasteiger charge is -2.23. The molecule has 1 aromatic carbocycles. The predicted octanol–water partition coefficient (Wildman–Crippen LogP) is 2.27. The lowest BCUT2D eigenvalue weighted by atomic mass is 9.99. The second-order valence-electron chi connectivity index (χ2n) is 7.84. The standard InChI is InChI=1S/C23H27N5O2/c1-17-9-13-27(16-19-4-2-10-24-14-19)23(30)21(17)22(29)25-15-18-5-7-20(8-6-18)28-12-3-11-26-28/h3,5-9,11-13,19,24H,2,4,10,14-16H2,1H3,(H,25,29). The molecule has 7 nitrogen and oxygen atoms in total. The van der Waals surface area contributed by atoms with Gasteiger partial charge in [0.1, 0.15) is 5.56 Å². The van der Waals surface area contributed by atoms with Crippen LogP contribution in [0.15, 0.2) is 59.8 Å². The number of nitrogens with zero attached hydrogens (tertiary/aromatic N) is 3. The number of aromatic nitrogens is 3. The maximum absolute atomic E-state index is 13.0. The van der Waals surface area contributed by atoms with E-state index in [9.17, 15) is 9.59 Å². The smallest absolute Gasteiger partial charge is 0.263 e. The molecule has 4 rings (SSSR count). The van der Waals surface area contributed by atoms with E-state index in [-0.39, 0.29) is 17.0 Å². The maximum atomic E-state index is 13.0. The van der Waals surface area contributed by atoms with Crippen molar-refractivity contribution >= 4 is 5.91 Å². The molecule has 30 heavy (non-hydrogen) atoms. The van der Waals surface area contributed by atoms with Gasteiger partial charge < -0.3 is 15.2 Å². The third kappa shape index (κ3) is 4.52. The molecule has 1 aliphatic rings. The Bertz CT molecular complexity index is 1050. The predicted molar refractivity (Wildman–Crippen MR) is 116 cm³/mol. The van der Waals surface area contributed by atoms with Crippen molar-refractivity contribution in [2.45, 2.75) is 32.9 Å². The summed E-state index contributed by atoms with van der Waals surface area (Å²) in [5.74, 6) is 0.0909. The third-order valence-corrected chi connectivity index (χ3v) is 5.61. The molecule has 1 aliphatic heterocycles. The van der Waals surface area contributed by atoms with E-state index in [1.54, 1.807) is 21.6 Å². The summed E-state index contributed by atoms with van der Waals surface area (Å²) >= 11 is 0. The summed E-state index contributed by atoms with van der Waals surface area (Å²) in [6.45, 7) is 4.76. The lowest BCUT2D eigenvalue weighted by molar-refractivity contribution is 0.0948. The zero-order chi connectivity index (χ0) is 20.9. The van der Waals surface area contributed by atoms with Gasteiger partial charge in [-0.05, 0) is 74.2 Å². The van der Waals surface area contributed by atoms with Gasteiger partial charge in [0, 0.05) is 31.7 Å². The van der Waals surface area contributed by atoms with Crippen LogP contribution in [0.5, 0.6) is 0 Å². The van der Waals surface area contributed by atoms with E-state index in [0.717, 1.165) is 37.2 Å². The Morgan fingerprint density at radius 2 is 2.07 bits per heavy atom. The molecule has 0 bridgehead atoms. The molecule has 1 amide bonds. The molecule has 3 aromatic rings. The average Bonchev–Trinajstić information content (AvgIpc) is 3.30. The van der Waals surface area contributed by atoms with E-state index in [2.05, 4.69) is 15.7 Å². The van der Waals surface area contributed by atoms with Gasteiger partial charge in [-0.2, -0.15) is 5.10 Å². The topological polar surface area (TPSA) is 81.0 Å². The number of amides is 1. The van der Waals surface area contributed by atoms with Crippen molar-refractivity contribution in [1.82, 2.24) is 25.0 Å². The minimum absolute atomic E-state index is 0.216. The Labute approximate surface area is 175 Å². The Morgan fingerprint density at radius 3 is 2.77 bits per heavy atom. The second-order valence-corrected chi connectivity index (χ2v) is 7.84. The molecule has 156 valence electrons. The molecule has 1 unspecified atom stereocenters. The summed E-state index contributed by atoms with van der Waals surface area (Å²) in [5.41, 5.74) is 2.63. The van der Waals surface area contributed by atoms with Gasteiger partial charge in [0.15, 0.2) is 0 Å². The molecule has 7 heteroatoms. The van der Waals surface area contributed by atoms with Crippen molar-refractivity contribution in [3.63, 3.8) is 0 Å².